The lowest BCUT2D eigenvalue weighted by molar-refractivity contribution is 0.0114. The molecule has 1 unspecified atom stereocenters. The van der Waals surface area contributed by atoms with Gasteiger partial charge in [-0.2, -0.15) is 0 Å². The van der Waals surface area contributed by atoms with Gasteiger partial charge >= 0.3 is 0 Å². The maximum absolute atomic E-state index is 9.82. The van der Waals surface area contributed by atoms with Crippen molar-refractivity contribution in [3.8, 4) is 0 Å². The minimum atomic E-state index is -0.433. The largest absolute Gasteiger partial charge is 0.389 e. The van der Waals surface area contributed by atoms with Crippen molar-refractivity contribution in [3.05, 3.63) is 34.9 Å². The second-order valence-electron chi connectivity index (χ2n) is 4.28. The average Bonchev–Trinajstić information content (AvgIpc) is 2.38. The van der Waals surface area contributed by atoms with Crippen molar-refractivity contribution in [2.24, 2.45) is 0 Å². The van der Waals surface area contributed by atoms with Crippen LogP contribution in [0.2, 0.25) is 5.02 Å². The third-order valence-corrected chi connectivity index (χ3v) is 3.11. The van der Waals surface area contributed by atoms with Crippen molar-refractivity contribution in [2.45, 2.75) is 26.6 Å². The van der Waals surface area contributed by atoms with Crippen LogP contribution >= 0.6 is 11.6 Å². The molecule has 0 radical (unpaired) electrons. The van der Waals surface area contributed by atoms with Gasteiger partial charge in [-0.15, -0.1) is 0 Å². The van der Waals surface area contributed by atoms with Gasteiger partial charge in [-0.25, -0.2) is 0 Å². The van der Waals surface area contributed by atoms with Gasteiger partial charge in [0.25, 0.3) is 0 Å². The molecule has 1 N–H and O–H groups in total. The Bertz CT molecular complexity index is 325. The molecule has 3 nitrogen and oxygen atoms in total. The maximum atomic E-state index is 9.82. The Labute approximate surface area is 114 Å². The highest BCUT2D eigenvalue weighted by molar-refractivity contribution is 6.30. The number of rotatable bonds is 8. The average molecular weight is 272 g/mol. The summed E-state index contributed by atoms with van der Waals surface area (Å²) in [5.41, 5.74) is 1.06. The van der Waals surface area contributed by atoms with Gasteiger partial charge in [0, 0.05) is 11.6 Å². The molecule has 1 atom stereocenters. The number of likely N-dealkylation sites (N-methyl/N-ethyl adjacent to an activating group) is 1. The Morgan fingerprint density at radius 1 is 1.22 bits per heavy atom. The number of hydrogen-bond donors (Lipinski definition) is 1. The van der Waals surface area contributed by atoms with Crippen LogP contribution in [0.1, 0.15) is 19.4 Å². The van der Waals surface area contributed by atoms with E-state index in [1.165, 1.54) is 0 Å². The predicted octanol–water partition coefficient (Wildman–Crippen LogP) is 2.56. The maximum Gasteiger partial charge on any atom is 0.0900 e. The number of hydrogen-bond acceptors (Lipinski definition) is 3. The number of aliphatic hydroxyl groups excluding tert-OH is 1. The smallest absolute Gasteiger partial charge is 0.0900 e. The van der Waals surface area contributed by atoms with Crippen molar-refractivity contribution in [1.82, 2.24) is 4.90 Å². The minimum absolute atomic E-state index is 0.360. The first-order chi connectivity index (χ1) is 8.65. The lowest BCUT2D eigenvalue weighted by Crippen LogP contribution is -2.34. The number of aliphatic hydroxyl groups is 1. The monoisotopic (exact) mass is 271 g/mol. The summed E-state index contributed by atoms with van der Waals surface area (Å²) >= 11 is 5.80. The first-order valence-electron chi connectivity index (χ1n) is 6.38. The summed E-state index contributed by atoms with van der Waals surface area (Å²) in [6, 6.07) is 7.54. The molecule has 0 fully saturated rings. The van der Waals surface area contributed by atoms with E-state index in [0.717, 1.165) is 23.7 Å². The summed E-state index contributed by atoms with van der Waals surface area (Å²) in [5.74, 6) is 0. The topological polar surface area (TPSA) is 32.7 Å². The first kappa shape index (κ1) is 15.4. The van der Waals surface area contributed by atoms with E-state index in [1.54, 1.807) is 0 Å². The second-order valence-corrected chi connectivity index (χ2v) is 4.72. The van der Waals surface area contributed by atoms with Crippen LogP contribution in [0, 0.1) is 0 Å². The molecule has 18 heavy (non-hydrogen) atoms. The highest BCUT2D eigenvalue weighted by Crippen LogP contribution is 2.10. The van der Waals surface area contributed by atoms with Crippen LogP contribution in [0.15, 0.2) is 24.3 Å². The van der Waals surface area contributed by atoms with E-state index < -0.39 is 6.10 Å². The summed E-state index contributed by atoms with van der Waals surface area (Å²) in [4.78, 5) is 2.18. The lowest BCUT2D eigenvalue weighted by atomic mass is 10.2. The SMILES string of the molecule is CCN(CC)CC(O)COCc1ccc(Cl)cc1. The quantitative estimate of drug-likeness (QED) is 0.789. The molecule has 0 aliphatic heterocycles. The molecule has 0 aromatic heterocycles. The van der Waals surface area contributed by atoms with Gasteiger partial charge in [0.15, 0.2) is 0 Å². The summed E-state index contributed by atoms with van der Waals surface area (Å²) < 4.78 is 5.49. The predicted molar refractivity (Wildman–Crippen MR) is 74.9 cm³/mol. The van der Waals surface area contributed by atoms with E-state index in [9.17, 15) is 5.11 Å². The Morgan fingerprint density at radius 3 is 2.39 bits per heavy atom. The zero-order valence-electron chi connectivity index (χ0n) is 11.1. The molecule has 0 heterocycles. The van der Waals surface area contributed by atoms with Crippen LogP contribution < -0.4 is 0 Å². The Morgan fingerprint density at radius 2 is 1.83 bits per heavy atom. The molecule has 0 saturated carbocycles. The van der Waals surface area contributed by atoms with Crippen molar-refractivity contribution >= 4 is 11.6 Å². The zero-order valence-corrected chi connectivity index (χ0v) is 11.9. The van der Waals surface area contributed by atoms with Gasteiger partial charge < -0.3 is 14.7 Å². The lowest BCUT2D eigenvalue weighted by Gasteiger charge is -2.21. The van der Waals surface area contributed by atoms with Crippen LogP contribution in [0.5, 0.6) is 0 Å². The first-order valence-corrected chi connectivity index (χ1v) is 6.76. The van der Waals surface area contributed by atoms with Crippen molar-refractivity contribution in [3.63, 3.8) is 0 Å². The summed E-state index contributed by atoms with van der Waals surface area (Å²) in [5, 5.41) is 10.5. The van der Waals surface area contributed by atoms with E-state index in [0.29, 0.717) is 19.8 Å². The molecule has 102 valence electrons. The summed E-state index contributed by atoms with van der Waals surface area (Å²) in [6.07, 6.45) is -0.433. The van der Waals surface area contributed by atoms with Gasteiger partial charge in [0.1, 0.15) is 0 Å². The molecule has 1 rings (SSSR count). The molecular formula is C14H22ClNO2. The van der Waals surface area contributed by atoms with E-state index in [2.05, 4.69) is 18.7 Å². The molecular weight excluding hydrogens is 250 g/mol. The fourth-order valence-electron chi connectivity index (χ4n) is 1.73. The fraction of sp³-hybridized carbons (Fsp3) is 0.571. The molecule has 0 aliphatic rings. The Hall–Kier alpha value is -0.610. The molecule has 0 aliphatic carbocycles. The highest BCUT2D eigenvalue weighted by atomic mass is 35.5. The van der Waals surface area contributed by atoms with Gasteiger partial charge in [0.2, 0.25) is 0 Å². The van der Waals surface area contributed by atoms with Crippen molar-refractivity contribution in [2.75, 3.05) is 26.2 Å². The van der Waals surface area contributed by atoms with Crippen LogP contribution in [-0.2, 0) is 11.3 Å². The van der Waals surface area contributed by atoms with Crippen molar-refractivity contribution in [1.29, 1.82) is 0 Å². The fourth-order valence-corrected chi connectivity index (χ4v) is 1.85. The van der Waals surface area contributed by atoms with Crippen LogP contribution in [0.25, 0.3) is 0 Å². The molecule has 0 spiro atoms. The van der Waals surface area contributed by atoms with Gasteiger partial charge in [-0.05, 0) is 30.8 Å². The third kappa shape index (κ3) is 5.83. The highest BCUT2D eigenvalue weighted by Gasteiger charge is 2.08. The Balaban J connectivity index is 2.22. The summed E-state index contributed by atoms with van der Waals surface area (Å²) in [6.45, 7) is 7.60. The van der Waals surface area contributed by atoms with Gasteiger partial charge in [-0.1, -0.05) is 37.6 Å². The molecule has 0 bridgehead atoms. The van der Waals surface area contributed by atoms with E-state index >= 15 is 0 Å². The van der Waals surface area contributed by atoms with Crippen LogP contribution in [-0.4, -0.2) is 42.4 Å². The standard InChI is InChI=1S/C14H22ClNO2/c1-3-16(4-2)9-14(17)11-18-10-12-5-7-13(15)8-6-12/h5-8,14,17H,3-4,9-11H2,1-2H3. The Kier molecular flexibility index (Phi) is 7.28. The number of ether oxygens (including phenoxy) is 1. The normalized spacial score (nSPS) is 12.9. The summed E-state index contributed by atoms with van der Waals surface area (Å²) in [7, 11) is 0. The van der Waals surface area contributed by atoms with Gasteiger partial charge in [0.05, 0.1) is 19.3 Å². The van der Waals surface area contributed by atoms with E-state index in [-0.39, 0.29) is 0 Å². The van der Waals surface area contributed by atoms with E-state index in [4.69, 9.17) is 16.3 Å². The van der Waals surface area contributed by atoms with E-state index in [1.807, 2.05) is 24.3 Å². The molecule has 4 heteroatoms. The van der Waals surface area contributed by atoms with Crippen LogP contribution in [0.4, 0.5) is 0 Å². The number of benzene rings is 1. The number of nitrogens with zero attached hydrogens (tertiary/aromatic N) is 1. The minimum Gasteiger partial charge on any atom is -0.389 e. The third-order valence-electron chi connectivity index (χ3n) is 2.86. The van der Waals surface area contributed by atoms with Crippen LogP contribution in [0.3, 0.4) is 0 Å². The number of halogens is 1. The van der Waals surface area contributed by atoms with Gasteiger partial charge in [-0.3, -0.25) is 0 Å². The molecule has 1 aromatic rings. The molecule has 1 aromatic carbocycles. The second kappa shape index (κ2) is 8.48. The zero-order chi connectivity index (χ0) is 13.4. The molecule has 0 saturated heterocycles. The molecule has 0 amide bonds. The van der Waals surface area contributed by atoms with Crippen molar-refractivity contribution < 1.29 is 9.84 Å².